The molecule has 1 unspecified atom stereocenters. The number of rotatable bonds is 4. The van der Waals surface area contributed by atoms with Crippen LogP contribution in [0.25, 0.3) is 10.9 Å². The molecule has 1 atom stereocenters. The van der Waals surface area contributed by atoms with Crippen molar-refractivity contribution in [1.82, 2.24) is 19.9 Å². The number of hydrogen-bond acceptors (Lipinski definition) is 3. The normalized spacial score (nSPS) is 12.3. The van der Waals surface area contributed by atoms with Crippen LogP contribution in [0.15, 0.2) is 43.0 Å². The molecule has 5 nitrogen and oxygen atoms in total. The number of pyridine rings is 1. The molecule has 23 heavy (non-hydrogen) atoms. The van der Waals surface area contributed by atoms with Crippen molar-refractivity contribution in [2.75, 3.05) is 0 Å². The number of benzene rings is 1. The van der Waals surface area contributed by atoms with Crippen LogP contribution >= 0.6 is 0 Å². The number of aromatic nitrogens is 3. The first-order valence-corrected chi connectivity index (χ1v) is 7.67. The van der Waals surface area contributed by atoms with E-state index in [4.69, 9.17) is 0 Å². The molecule has 0 saturated carbocycles. The van der Waals surface area contributed by atoms with Crippen LogP contribution in [0.3, 0.4) is 0 Å². The van der Waals surface area contributed by atoms with Gasteiger partial charge in [0, 0.05) is 30.4 Å². The van der Waals surface area contributed by atoms with Crippen molar-refractivity contribution < 1.29 is 4.79 Å². The SMILES string of the molecule is Cc1ccc2nc(C)c(C(=O)NC(C)Cn3ccnc3)cc2c1. The summed E-state index contributed by atoms with van der Waals surface area (Å²) in [7, 11) is 0. The Balaban J connectivity index is 1.81. The van der Waals surface area contributed by atoms with Gasteiger partial charge in [0.05, 0.1) is 23.1 Å². The van der Waals surface area contributed by atoms with Crippen LogP contribution in [0.5, 0.6) is 0 Å². The molecule has 0 radical (unpaired) electrons. The van der Waals surface area contributed by atoms with Crippen molar-refractivity contribution in [3.05, 3.63) is 59.8 Å². The third-order valence-corrected chi connectivity index (χ3v) is 3.83. The van der Waals surface area contributed by atoms with Gasteiger partial charge in [-0.1, -0.05) is 11.6 Å². The fraction of sp³-hybridized carbons (Fsp3) is 0.278. The molecule has 0 aliphatic carbocycles. The zero-order chi connectivity index (χ0) is 16.4. The Morgan fingerprint density at radius 1 is 1.30 bits per heavy atom. The fourth-order valence-corrected chi connectivity index (χ4v) is 2.68. The summed E-state index contributed by atoms with van der Waals surface area (Å²) in [5, 5.41) is 4.02. The molecule has 3 aromatic rings. The molecule has 5 heteroatoms. The summed E-state index contributed by atoms with van der Waals surface area (Å²) in [6, 6.07) is 7.99. The first-order chi connectivity index (χ1) is 11.0. The maximum Gasteiger partial charge on any atom is 0.253 e. The van der Waals surface area contributed by atoms with E-state index in [0.29, 0.717) is 12.1 Å². The van der Waals surface area contributed by atoms with Crippen LogP contribution < -0.4 is 5.32 Å². The molecule has 0 saturated heterocycles. The van der Waals surface area contributed by atoms with E-state index < -0.39 is 0 Å². The highest BCUT2D eigenvalue weighted by atomic mass is 16.1. The minimum Gasteiger partial charge on any atom is -0.348 e. The van der Waals surface area contributed by atoms with Crippen molar-refractivity contribution >= 4 is 16.8 Å². The van der Waals surface area contributed by atoms with Gasteiger partial charge in [-0.2, -0.15) is 0 Å². The maximum atomic E-state index is 12.6. The number of nitrogens with zero attached hydrogens (tertiary/aromatic N) is 3. The molecular weight excluding hydrogens is 288 g/mol. The van der Waals surface area contributed by atoms with Gasteiger partial charge in [0.2, 0.25) is 0 Å². The minimum absolute atomic E-state index is 0.00399. The van der Waals surface area contributed by atoms with Crippen molar-refractivity contribution in [3.63, 3.8) is 0 Å². The molecule has 0 bridgehead atoms. The molecule has 0 aliphatic heterocycles. The highest BCUT2D eigenvalue weighted by Crippen LogP contribution is 2.18. The van der Waals surface area contributed by atoms with Gasteiger partial charge in [0.25, 0.3) is 5.91 Å². The lowest BCUT2D eigenvalue weighted by Crippen LogP contribution is -2.35. The molecule has 1 N–H and O–H groups in total. The summed E-state index contributed by atoms with van der Waals surface area (Å²) in [5.41, 5.74) is 3.44. The van der Waals surface area contributed by atoms with Crippen LogP contribution in [0.1, 0.15) is 28.5 Å². The van der Waals surface area contributed by atoms with E-state index in [1.165, 1.54) is 0 Å². The second-order valence-corrected chi connectivity index (χ2v) is 5.95. The lowest BCUT2D eigenvalue weighted by molar-refractivity contribution is 0.0936. The maximum absolute atomic E-state index is 12.6. The Bertz CT molecular complexity index is 840. The molecule has 0 spiro atoms. The number of carbonyl (C=O) groups excluding carboxylic acids is 1. The highest BCUT2D eigenvalue weighted by molar-refractivity contribution is 5.98. The Hall–Kier alpha value is -2.69. The summed E-state index contributed by atoms with van der Waals surface area (Å²) in [4.78, 5) is 21.1. The molecule has 1 aromatic carbocycles. The van der Waals surface area contributed by atoms with Gasteiger partial charge in [-0.25, -0.2) is 4.98 Å². The van der Waals surface area contributed by atoms with Crippen LogP contribution in [-0.2, 0) is 6.54 Å². The average molecular weight is 308 g/mol. The summed E-state index contributed by atoms with van der Waals surface area (Å²) >= 11 is 0. The number of carbonyl (C=O) groups is 1. The molecular formula is C18H20N4O. The quantitative estimate of drug-likeness (QED) is 0.806. The van der Waals surface area contributed by atoms with Crippen LogP contribution in [0.4, 0.5) is 0 Å². The van der Waals surface area contributed by atoms with Crippen molar-refractivity contribution in [2.45, 2.75) is 33.4 Å². The van der Waals surface area contributed by atoms with Crippen molar-refractivity contribution in [2.24, 2.45) is 0 Å². The van der Waals surface area contributed by atoms with Gasteiger partial charge >= 0.3 is 0 Å². The third kappa shape index (κ3) is 3.39. The number of hydrogen-bond donors (Lipinski definition) is 1. The highest BCUT2D eigenvalue weighted by Gasteiger charge is 2.14. The predicted octanol–water partition coefficient (Wildman–Crippen LogP) is 2.87. The van der Waals surface area contributed by atoms with E-state index in [2.05, 4.69) is 15.3 Å². The second-order valence-electron chi connectivity index (χ2n) is 5.95. The van der Waals surface area contributed by atoms with E-state index in [0.717, 1.165) is 22.2 Å². The predicted molar refractivity (Wildman–Crippen MR) is 90.4 cm³/mol. The fourth-order valence-electron chi connectivity index (χ4n) is 2.68. The number of amides is 1. The van der Waals surface area contributed by atoms with E-state index in [1.54, 1.807) is 12.5 Å². The van der Waals surface area contributed by atoms with E-state index >= 15 is 0 Å². The first-order valence-electron chi connectivity index (χ1n) is 7.67. The van der Waals surface area contributed by atoms with Gasteiger partial charge in [-0.05, 0) is 39.0 Å². The Kier molecular flexibility index (Phi) is 4.10. The average Bonchev–Trinajstić information content (AvgIpc) is 2.99. The summed E-state index contributed by atoms with van der Waals surface area (Å²) in [6.07, 6.45) is 5.36. The minimum atomic E-state index is -0.0916. The second kappa shape index (κ2) is 6.20. The number of imidazole rings is 1. The third-order valence-electron chi connectivity index (χ3n) is 3.83. The number of fused-ring (bicyclic) bond motifs is 1. The molecule has 3 rings (SSSR count). The summed E-state index contributed by atoms with van der Waals surface area (Å²) in [6.45, 7) is 6.57. The lowest BCUT2D eigenvalue weighted by atomic mass is 10.1. The summed E-state index contributed by atoms with van der Waals surface area (Å²) < 4.78 is 1.94. The van der Waals surface area contributed by atoms with E-state index in [1.807, 2.05) is 55.8 Å². The van der Waals surface area contributed by atoms with Crippen molar-refractivity contribution in [1.29, 1.82) is 0 Å². The Morgan fingerprint density at radius 3 is 2.87 bits per heavy atom. The molecule has 2 aromatic heterocycles. The monoisotopic (exact) mass is 308 g/mol. The van der Waals surface area contributed by atoms with Gasteiger partial charge in [-0.3, -0.25) is 9.78 Å². The van der Waals surface area contributed by atoms with Gasteiger partial charge in [0.15, 0.2) is 0 Å². The zero-order valence-electron chi connectivity index (χ0n) is 13.6. The van der Waals surface area contributed by atoms with Crippen LogP contribution in [-0.4, -0.2) is 26.5 Å². The van der Waals surface area contributed by atoms with Gasteiger partial charge < -0.3 is 9.88 Å². The van der Waals surface area contributed by atoms with Crippen molar-refractivity contribution in [3.8, 4) is 0 Å². The molecule has 2 heterocycles. The Morgan fingerprint density at radius 2 is 2.13 bits per heavy atom. The van der Waals surface area contributed by atoms with Crippen LogP contribution in [0.2, 0.25) is 0 Å². The standard InChI is InChI=1S/C18H20N4O/c1-12-4-5-17-15(8-12)9-16(14(3)21-17)18(23)20-13(2)10-22-7-6-19-11-22/h4-9,11,13H,10H2,1-3H3,(H,20,23). The molecule has 118 valence electrons. The lowest BCUT2D eigenvalue weighted by Gasteiger charge is -2.15. The first kappa shape index (κ1) is 15.2. The molecule has 0 aliphatic rings. The Labute approximate surface area is 135 Å². The largest absolute Gasteiger partial charge is 0.348 e. The van der Waals surface area contributed by atoms with Gasteiger partial charge in [-0.15, -0.1) is 0 Å². The topological polar surface area (TPSA) is 59.8 Å². The van der Waals surface area contributed by atoms with Crippen LogP contribution in [0, 0.1) is 13.8 Å². The summed E-state index contributed by atoms with van der Waals surface area (Å²) in [5.74, 6) is -0.0916. The zero-order valence-corrected chi connectivity index (χ0v) is 13.6. The van der Waals surface area contributed by atoms with Gasteiger partial charge in [0.1, 0.15) is 0 Å². The van der Waals surface area contributed by atoms with E-state index in [-0.39, 0.29) is 11.9 Å². The van der Waals surface area contributed by atoms with E-state index in [9.17, 15) is 4.79 Å². The number of aryl methyl sites for hydroxylation is 2. The smallest absolute Gasteiger partial charge is 0.253 e. The molecule has 1 amide bonds. The molecule has 0 fully saturated rings. The number of nitrogens with one attached hydrogen (secondary N) is 1.